The van der Waals surface area contributed by atoms with Gasteiger partial charge in [0, 0.05) is 19.7 Å². The molecule has 1 heterocycles. The van der Waals surface area contributed by atoms with E-state index in [0.717, 1.165) is 25.7 Å². The molecule has 0 saturated carbocycles. The fourth-order valence-electron chi connectivity index (χ4n) is 2.39. The highest BCUT2D eigenvalue weighted by molar-refractivity contribution is 4.76. The fraction of sp³-hybridized carbons (Fsp3) is 1.00. The molecule has 0 spiro atoms. The number of nitrogens with one attached hydrogen (secondary N) is 1. The van der Waals surface area contributed by atoms with E-state index in [9.17, 15) is 0 Å². The molecule has 4 nitrogen and oxygen atoms in total. The third-order valence-electron chi connectivity index (χ3n) is 3.60. The Balaban J connectivity index is 1.95. The van der Waals surface area contributed by atoms with Crippen LogP contribution in [0.3, 0.4) is 0 Å². The van der Waals surface area contributed by atoms with Gasteiger partial charge in [-0.25, -0.2) is 0 Å². The van der Waals surface area contributed by atoms with E-state index in [1.165, 1.54) is 38.9 Å². The van der Waals surface area contributed by atoms with Gasteiger partial charge < -0.3 is 19.9 Å². The van der Waals surface area contributed by atoms with Gasteiger partial charge in [0.15, 0.2) is 0 Å². The van der Waals surface area contributed by atoms with Crippen LogP contribution in [0.15, 0.2) is 0 Å². The van der Waals surface area contributed by atoms with Crippen LogP contribution in [-0.4, -0.2) is 76.4 Å². The Morgan fingerprint density at radius 1 is 1.24 bits per heavy atom. The maximum absolute atomic E-state index is 4.99. The van der Waals surface area contributed by atoms with Crippen molar-refractivity contribution in [3.63, 3.8) is 0 Å². The number of rotatable bonds is 8. The molecule has 0 aromatic carbocycles. The highest BCUT2D eigenvalue weighted by Gasteiger charge is 2.19. The van der Waals surface area contributed by atoms with E-state index in [4.69, 9.17) is 4.74 Å². The summed E-state index contributed by atoms with van der Waals surface area (Å²) in [7, 11) is 6.14. The first-order chi connectivity index (χ1) is 8.24. The molecular formula is C13H29N3O. The van der Waals surface area contributed by atoms with Gasteiger partial charge in [0.05, 0.1) is 6.61 Å². The summed E-state index contributed by atoms with van der Waals surface area (Å²) in [6, 6.07) is 0.797. The molecule has 1 aliphatic heterocycles. The minimum absolute atomic E-state index is 0.797. The summed E-state index contributed by atoms with van der Waals surface area (Å²) in [6.07, 6.45) is 3.89. The summed E-state index contributed by atoms with van der Waals surface area (Å²) in [5, 5.41) is 3.39. The largest absolute Gasteiger partial charge is 0.383 e. The average Bonchev–Trinajstić information content (AvgIpc) is 2.34. The smallest absolute Gasteiger partial charge is 0.0587 e. The van der Waals surface area contributed by atoms with Gasteiger partial charge in [-0.2, -0.15) is 0 Å². The van der Waals surface area contributed by atoms with Gasteiger partial charge in [-0.05, 0) is 59.5 Å². The molecule has 0 aliphatic carbocycles. The lowest BCUT2D eigenvalue weighted by molar-refractivity contribution is 0.143. The van der Waals surface area contributed by atoms with E-state index in [1.807, 2.05) is 0 Å². The Hall–Kier alpha value is -0.160. The van der Waals surface area contributed by atoms with E-state index >= 15 is 0 Å². The Bertz CT molecular complexity index is 180. The number of hydrogen-bond donors (Lipinski definition) is 1. The second-order valence-electron chi connectivity index (χ2n) is 5.13. The molecule has 0 atom stereocenters. The number of nitrogens with zero attached hydrogens (tertiary/aromatic N) is 2. The molecular weight excluding hydrogens is 214 g/mol. The maximum Gasteiger partial charge on any atom is 0.0587 e. The van der Waals surface area contributed by atoms with E-state index in [1.54, 1.807) is 7.11 Å². The first-order valence-electron chi connectivity index (χ1n) is 6.82. The Kier molecular flexibility index (Phi) is 7.77. The molecule has 0 bridgehead atoms. The molecule has 1 N–H and O–H groups in total. The van der Waals surface area contributed by atoms with Crippen molar-refractivity contribution in [2.45, 2.75) is 25.3 Å². The van der Waals surface area contributed by atoms with Crippen LogP contribution in [0.25, 0.3) is 0 Å². The molecule has 1 rings (SSSR count). The zero-order valence-corrected chi connectivity index (χ0v) is 11.7. The Morgan fingerprint density at radius 3 is 2.53 bits per heavy atom. The van der Waals surface area contributed by atoms with Crippen molar-refractivity contribution < 1.29 is 4.74 Å². The second kappa shape index (κ2) is 8.86. The minimum atomic E-state index is 0.797. The van der Waals surface area contributed by atoms with Gasteiger partial charge in [0.25, 0.3) is 0 Å². The van der Waals surface area contributed by atoms with Gasteiger partial charge in [-0.15, -0.1) is 0 Å². The number of piperidine rings is 1. The van der Waals surface area contributed by atoms with Crippen molar-refractivity contribution in [1.82, 2.24) is 15.1 Å². The standard InChI is InChI=1S/C13H29N3O/c1-15(2)13-5-10-16(11-6-13)9-4-7-14-8-12-17-3/h13-14H,4-12H2,1-3H3. The summed E-state index contributed by atoms with van der Waals surface area (Å²) >= 11 is 0. The van der Waals surface area contributed by atoms with E-state index < -0.39 is 0 Å². The van der Waals surface area contributed by atoms with Crippen LogP contribution in [0.1, 0.15) is 19.3 Å². The highest BCUT2D eigenvalue weighted by Crippen LogP contribution is 2.13. The van der Waals surface area contributed by atoms with Gasteiger partial charge in [0.1, 0.15) is 0 Å². The molecule has 0 unspecified atom stereocenters. The lowest BCUT2D eigenvalue weighted by atomic mass is 10.0. The Labute approximate surface area is 106 Å². The van der Waals surface area contributed by atoms with Crippen LogP contribution in [0.2, 0.25) is 0 Å². The monoisotopic (exact) mass is 243 g/mol. The van der Waals surface area contributed by atoms with Gasteiger partial charge in [0.2, 0.25) is 0 Å². The first-order valence-corrected chi connectivity index (χ1v) is 6.82. The van der Waals surface area contributed by atoms with Crippen molar-refractivity contribution in [2.75, 3.05) is 60.5 Å². The molecule has 1 aliphatic rings. The summed E-state index contributed by atoms with van der Waals surface area (Å²) in [5.74, 6) is 0. The van der Waals surface area contributed by atoms with E-state index in [2.05, 4.69) is 29.2 Å². The molecule has 1 fully saturated rings. The topological polar surface area (TPSA) is 27.7 Å². The normalized spacial score (nSPS) is 19.1. The minimum Gasteiger partial charge on any atom is -0.383 e. The zero-order chi connectivity index (χ0) is 12.5. The van der Waals surface area contributed by atoms with Crippen molar-refractivity contribution in [2.24, 2.45) is 0 Å². The summed E-state index contributed by atoms with van der Waals surface area (Å²) < 4.78 is 4.99. The van der Waals surface area contributed by atoms with Crippen LogP contribution in [0.4, 0.5) is 0 Å². The van der Waals surface area contributed by atoms with Gasteiger partial charge in [-0.1, -0.05) is 0 Å². The number of likely N-dealkylation sites (tertiary alicyclic amines) is 1. The molecule has 0 amide bonds. The lowest BCUT2D eigenvalue weighted by Crippen LogP contribution is -2.42. The number of methoxy groups -OCH3 is 1. The predicted molar refractivity (Wildman–Crippen MR) is 72.5 cm³/mol. The molecule has 0 aromatic rings. The summed E-state index contributed by atoms with van der Waals surface area (Å²) in [6.45, 7) is 6.66. The van der Waals surface area contributed by atoms with Crippen molar-refractivity contribution in [3.05, 3.63) is 0 Å². The molecule has 102 valence electrons. The predicted octanol–water partition coefficient (Wildman–Crippen LogP) is 0.639. The molecule has 0 aromatic heterocycles. The number of hydrogen-bond acceptors (Lipinski definition) is 4. The van der Waals surface area contributed by atoms with Crippen LogP contribution in [-0.2, 0) is 4.74 Å². The lowest BCUT2D eigenvalue weighted by Gasteiger charge is -2.35. The van der Waals surface area contributed by atoms with Crippen LogP contribution in [0, 0.1) is 0 Å². The van der Waals surface area contributed by atoms with Crippen molar-refractivity contribution in [3.8, 4) is 0 Å². The fourth-order valence-corrected chi connectivity index (χ4v) is 2.39. The van der Waals surface area contributed by atoms with Crippen molar-refractivity contribution >= 4 is 0 Å². The number of ether oxygens (including phenoxy) is 1. The highest BCUT2D eigenvalue weighted by atomic mass is 16.5. The SMILES string of the molecule is COCCNCCCN1CCC(N(C)C)CC1. The van der Waals surface area contributed by atoms with E-state index in [-0.39, 0.29) is 0 Å². The third-order valence-corrected chi connectivity index (χ3v) is 3.60. The third kappa shape index (κ3) is 6.36. The van der Waals surface area contributed by atoms with Gasteiger partial charge >= 0.3 is 0 Å². The second-order valence-corrected chi connectivity index (χ2v) is 5.13. The summed E-state index contributed by atoms with van der Waals surface area (Å²) in [5.41, 5.74) is 0. The molecule has 4 heteroatoms. The van der Waals surface area contributed by atoms with Crippen LogP contribution < -0.4 is 5.32 Å². The van der Waals surface area contributed by atoms with Crippen LogP contribution >= 0.6 is 0 Å². The Morgan fingerprint density at radius 2 is 1.94 bits per heavy atom. The van der Waals surface area contributed by atoms with Crippen LogP contribution in [0.5, 0.6) is 0 Å². The van der Waals surface area contributed by atoms with E-state index in [0.29, 0.717) is 0 Å². The average molecular weight is 243 g/mol. The quantitative estimate of drug-likeness (QED) is 0.633. The first kappa shape index (κ1) is 14.9. The van der Waals surface area contributed by atoms with Gasteiger partial charge in [-0.3, -0.25) is 0 Å². The molecule has 1 saturated heterocycles. The summed E-state index contributed by atoms with van der Waals surface area (Å²) in [4.78, 5) is 4.96. The maximum atomic E-state index is 4.99. The van der Waals surface area contributed by atoms with Crippen molar-refractivity contribution in [1.29, 1.82) is 0 Å². The zero-order valence-electron chi connectivity index (χ0n) is 11.7. The molecule has 17 heavy (non-hydrogen) atoms. The molecule has 0 radical (unpaired) electrons.